The predicted molar refractivity (Wildman–Crippen MR) is 73.0 cm³/mol. The molecule has 3 rings (SSSR count). The summed E-state index contributed by atoms with van der Waals surface area (Å²) in [7, 11) is 0. The number of benzene rings is 1. The summed E-state index contributed by atoms with van der Waals surface area (Å²) in [5.74, 6) is 2.37. The second-order valence-electron chi connectivity index (χ2n) is 4.61. The maximum Gasteiger partial charge on any atom is 0.145 e. The van der Waals surface area contributed by atoms with Gasteiger partial charge < -0.3 is 4.84 Å². The summed E-state index contributed by atoms with van der Waals surface area (Å²) in [5.41, 5.74) is 2.18. The molecule has 1 aromatic rings. The van der Waals surface area contributed by atoms with Gasteiger partial charge in [-0.3, -0.25) is 0 Å². The van der Waals surface area contributed by atoms with Gasteiger partial charge in [0.1, 0.15) is 5.60 Å². The maximum atomic E-state index is 5.89. The van der Waals surface area contributed by atoms with Crippen LogP contribution in [0.15, 0.2) is 29.4 Å². The number of hydrogen-bond acceptors (Lipinski definition) is 3. The van der Waals surface area contributed by atoms with E-state index in [2.05, 4.69) is 5.16 Å². The van der Waals surface area contributed by atoms with Gasteiger partial charge in [-0.2, -0.15) is 11.8 Å². The zero-order chi connectivity index (χ0) is 11.7. The van der Waals surface area contributed by atoms with Crippen LogP contribution in [0.3, 0.4) is 0 Å². The number of oxime groups is 1. The molecule has 1 spiro atoms. The van der Waals surface area contributed by atoms with Crippen LogP contribution in [-0.4, -0.2) is 22.8 Å². The minimum atomic E-state index is -0.0137. The summed E-state index contributed by atoms with van der Waals surface area (Å²) in [6, 6.07) is 7.84. The van der Waals surface area contributed by atoms with Crippen LogP contribution in [0.5, 0.6) is 0 Å². The van der Waals surface area contributed by atoms with Gasteiger partial charge in [-0.25, -0.2) is 0 Å². The SMILES string of the molecule is Clc1ccc(C2=NOC3(CCSCC3)C2)cc1. The molecule has 2 heterocycles. The van der Waals surface area contributed by atoms with Crippen molar-refractivity contribution in [3.8, 4) is 0 Å². The fourth-order valence-corrected chi connectivity index (χ4v) is 3.69. The Bertz CT molecular complexity index is 437. The smallest absolute Gasteiger partial charge is 0.145 e. The molecule has 2 aliphatic rings. The summed E-state index contributed by atoms with van der Waals surface area (Å²) >= 11 is 7.89. The lowest BCUT2D eigenvalue weighted by atomic mass is 9.89. The number of thioether (sulfide) groups is 1. The van der Waals surface area contributed by atoms with Crippen molar-refractivity contribution in [3.63, 3.8) is 0 Å². The molecule has 0 amide bonds. The molecule has 90 valence electrons. The van der Waals surface area contributed by atoms with Crippen molar-refractivity contribution in [3.05, 3.63) is 34.9 Å². The molecule has 1 aromatic carbocycles. The Balaban J connectivity index is 1.76. The molecule has 0 aliphatic carbocycles. The van der Waals surface area contributed by atoms with Crippen molar-refractivity contribution in [2.24, 2.45) is 5.16 Å². The summed E-state index contributed by atoms with van der Waals surface area (Å²) in [6.07, 6.45) is 3.16. The molecule has 0 N–H and O–H groups in total. The first-order valence-electron chi connectivity index (χ1n) is 5.86. The Kier molecular flexibility index (Phi) is 3.05. The highest BCUT2D eigenvalue weighted by atomic mass is 35.5. The van der Waals surface area contributed by atoms with E-state index in [4.69, 9.17) is 16.4 Å². The van der Waals surface area contributed by atoms with Crippen molar-refractivity contribution in [1.29, 1.82) is 0 Å². The van der Waals surface area contributed by atoms with Crippen LogP contribution >= 0.6 is 23.4 Å². The monoisotopic (exact) mass is 267 g/mol. The maximum absolute atomic E-state index is 5.89. The average Bonchev–Trinajstić information content (AvgIpc) is 2.75. The van der Waals surface area contributed by atoms with Gasteiger partial charge in [0.15, 0.2) is 0 Å². The molecule has 2 nitrogen and oxygen atoms in total. The molecule has 0 unspecified atom stereocenters. The van der Waals surface area contributed by atoms with Gasteiger partial charge in [0.25, 0.3) is 0 Å². The largest absolute Gasteiger partial charge is 0.388 e. The van der Waals surface area contributed by atoms with Crippen LogP contribution in [0.4, 0.5) is 0 Å². The minimum absolute atomic E-state index is 0.0137. The Labute approximate surface area is 110 Å². The van der Waals surface area contributed by atoms with E-state index in [0.29, 0.717) is 0 Å². The summed E-state index contributed by atoms with van der Waals surface area (Å²) < 4.78 is 0. The Morgan fingerprint density at radius 3 is 2.59 bits per heavy atom. The fourth-order valence-electron chi connectivity index (χ4n) is 2.33. The van der Waals surface area contributed by atoms with E-state index in [0.717, 1.165) is 35.6 Å². The molecule has 0 atom stereocenters. The molecule has 2 aliphatic heterocycles. The molecule has 1 saturated heterocycles. The lowest BCUT2D eigenvalue weighted by Gasteiger charge is -2.30. The lowest BCUT2D eigenvalue weighted by molar-refractivity contribution is -0.0245. The van der Waals surface area contributed by atoms with Gasteiger partial charge in [0.05, 0.1) is 5.71 Å². The van der Waals surface area contributed by atoms with Crippen molar-refractivity contribution < 1.29 is 4.84 Å². The zero-order valence-electron chi connectivity index (χ0n) is 9.49. The second-order valence-corrected chi connectivity index (χ2v) is 6.27. The Morgan fingerprint density at radius 1 is 1.18 bits per heavy atom. The minimum Gasteiger partial charge on any atom is -0.388 e. The lowest BCUT2D eigenvalue weighted by Crippen LogP contribution is -2.33. The first-order chi connectivity index (χ1) is 8.27. The molecule has 1 fully saturated rings. The van der Waals surface area contributed by atoms with Crippen LogP contribution in [0, 0.1) is 0 Å². The Morgan fingerprint density at radius 2 is 1.88 bits per heavy atom. The standard InChI is InChI=1S/C13H14ClNOS/c14-11-3-1-10(2-4-11)12-9-13(16-15-12)5-7-17-8-6-13/h1-4H,5-9H2. The summed E-state index contributed by atoms with van der Waals surface area (Å²) in [4.78, 5) is 5.72. The van der Waals surface area contributed by atoms with E-state index in [1.165, 1.54) is 11.5 Å². The number of nitrogens with zero attached hydrogens (tertiary/aromatic N) is 1. The second kappa shape index (κ2) is 4.54. The zero-order valence-corrected chi connectivity index (χ0v) is 11.1. The molecule has 4 heteroatoms. The van der Waals surface area contributed by atoms with Crippen LogP contribution in [-0.2, 0) is 4.84 Å². The van der Waals surface area contributed by atoms with E-state index in [9.17, 15) is 0 Å². The van der Waals surface area contributed by atoms with Crippen molar-refractivity contribution in [2.75, 3.05) is 11.5 Å². The molecule has 0 aromatic heterocycles. The van der Waals surface area contributed by atoms with Crippen molar-refractivity contribution in [1.82, 2.24) is 0 Å². The highest BCUT2D eigenvalue weighted by molar-refractivity contribution is 7.99. The van der Waals surface area contributed by atoms with Gasteiger partial charge in [0, 0.05) is 11.4 Å². The normalized spacial score (nSPS) is 22.3. The van der Waals surface area contributed by atoms with Crippen LogP contribution in [0.1, 0.15) is 24.8 Å². The van der Waals surface area contributed by atoms with E-state index in [1.54, 1.807) is 0 Å². The van der Waals surface area contributed by atoms with E-state index < -0.39 is 0 Å². The van der Waals surface area contributed by atoms with E-state index in [1.807, 2.05) is 36.0 Å². The first kappa shape index (κ1) is 11.4. The summed E-state index contributed by atoms with van der Waals surface area (Å²) in [5, 5.41) is 5.04. The third kappa shape index (κ3) is 2.31. The van der Waals surface area contributed by atoms with Crippen LogP contribution in [0.2, 0.25) is 5.02 Å². The predicted octanol–water partition coefficient (Wildman–Crippen LogP) is 3.73. The molecule has 17 heavy (non-hydrogen) atoms. The number of halogens is 1. The summed E-state index contributed by atoms with van der Waals surface area (Å²) in [6.45, 7) is 0. The van der Waals surface area contributed by atoms with Crippen LogP contribution in [0.25, 0.3) is 0 Å². The number of hydrogen-bond donors (Lipinski definition) is 0. The van der Waals surface area contributed by atoms with Crippen LogP contribution < -0.4 is 0 Å². The van der Waals surface area contributed by atoms with E-state index >= 15 is 0 Å². The van der Waals surface area contributed by atoms with Gasteiger partial charge in [-0.1, -0.05) is 28.9 Å². The average molecular weight is 268 g/mol. The molecular formula is C13H14ClNOS. The first-order valence-corrected chi connectivity index (χ1v) is 7.39. The van der Waals surface area contributed by atoms with Gasteiger partial charge >= 0.3 is 0 Å². The molecule has 0 saturated carbocycles. The third-order valence-corrected chi connectivity index (χ3v) is 4.66. The van der Waals surface area contributed by atoms with E-state index in [-0.39, 0.29) is 5.60 Å². The topological polar surface area (TPSA) is 21.6 Å². The number of rotatable bonds is 1. The highest BCUT2D eigenvalue weighted by Gasteiger charge is 2.40. The fraction of sp³-hybridized carbons (Fsp3) is 0.462. The molecular weight excluding hydrogens is 254 g/mol. The van der Waals surface area contributed by atoms with Gasteiger partial charge in [-0.05, 0) is 42.0 Å². The quantitative estimate of drug-likeness (QED) is 0.773. The molecule has 0 bridgehead atoms. The van der Waals surface area contributed by atoms with Crippen molar-refractivity contribution in [2.45, 2.75) is 24.9 Å². The van der Waals surface area contributed by atoms with Crippen molar-refractivity contribution >= 4 is 29.1 Å². The van der Waals surface area contributed by atoms with Gasteiger partial charge in [0.2, 0.25) is 0 Å². The van der Waals surface area contributed by atoms with Gasteiger partial charge in [-0.15, -0.1) is 0 Å². The Hall–Kier alpha value is -0.670. The highest BCUT2D eigenvalue weighted by Crippen LogP contribution is 2.38. The third-order valence-electron chi connectivity index (χ3n) is 3.42. The molecule has 0 radical (unpaired) electrons.